The van der Waals surface area contributed by atoms with Gasteiger partial charge in [0.1, 0.15) is 6.04 Å². The topological polar surface area (TPSA) is 158 Å². The van der Waals surface area contributed by atoms with Crippen molar-refractivity contribution in [3.8, 4) is 11.3 Å². The smallest absolute Gasteiger partial charge is 0.390 e. The van der Waals surface area contributed by atoms with Crippen LogP contribution in [-0.4, -0.2) is 97.5 Å². The first-order valence-electron chi connectivity index (χ1n) is 15.0. The van der Waals surface area contributed by atoms with Crippen molar-refractivity contribution in [1.82, 2.24) is 40.2 Å². The quantitative estimate of drug-likeness (QED) is 0.238. The van der Waals surface area contributed by atoms with E-state index < -0.39 is 53.7 Å². The van der Waals surface area contributed by atoms with Gasteiger partial charge in [0, 0.05) is 69.4 Å². The maximum atomic E-state index is 13.7. The van der Waals surface area contributed by atoms with E-state index in [2.05, 4.69) is 31.3 Å². The highest BCUT2D eigenvalue weighted by Gasteiger charge is 2.60. The van der Waals surface area contributed by atoms with Gasteiger partial charge in [-0.3, -0.25) is 14.3 Å². The maximum absolute atomic E-state index is 13.7. The molecule has 6 atom stereocenters. The van der Waals surface area contributed by atoms with Crippen molar-refractivity contribution in [3.63, 3.8) is 0 Å². The summed E-state index contributed by atoms with van der Waals surface area (Å²) in [6.45, 7) is 1.83. The summed E-state index contributed by atoms with van der Waals surface area (Å²) in [7, 11) is 1.30. The SMILES string of the molecule is Cn1c(-c2cn([C@@H]3CC3(F)F)nc2C(F)(F)F)cnc1C(=O)Nc1ccc(C(=O)NC2[C@H]3CN(C(=O)N[C@@H]4CNCC4O)C[C@@H]23)c(Cl)c1. The first-order valence-corrected chi connectivity index (χ1v) is 15.4. The van der Waals surface area contributed by atoms with E-state index in [9.17, 15) is 41.4 Å². The number of halogens is 6. The van der Waals surface area contributed by atoms with Crippen LogP contribution >= 0.6 is 11.6 Å². The van der Waals surface area contributed by atoms with Gasteiger partial charge in [-0.2, -0.15) is 18.3 Å². The van der Waals surface area contributed by atoms with E-state index in [1.807, 2.05) is 0 Å². The molecule has 4 aliphatic rings. The minimum Gasteiger partial charge on any atom is -0.390 e. The van der Waals surface area contributed by atoms with Gasteiger partial charge >= 0.3 is 12.2 Å². The lowest BCUT2D eigenvalue weighted by molar-refractivity contribution is -0.141. The Kier molecular flexibility index (Phi) is 7.67. The lowest BCUT2D eigenvalue weighted by Crippen LogP contribution is -2.49. The summed E-state index contributed by atoms with van der Waals surface area (Å²) in [6.07, 6.45) is -4.32. The number of rotatable bonds is 7. The molecule has 2 aliphatic carbocycles. The zero-order valence-electron chi connectivity index (χ0n) is 25.1. The molecule has 3 aromatic rings. The third-order valence-electron chi connectivity index (χ3n) is 9.32. The highest BCUT2D eigenvalue weighted by molar-refractivity contribution is 6.34. The Labute approximate surface area is 273 Å². The van der Waals surface area contributed by atoms with Gasteiger partial charge < -0.3 is 35.8 Å². The number of likely N-dealkylation sites (tertiary alicyclic amines) is 1. The van der Waals surface area contributed by atoms with Crippen molar-refractivity contribution >= 4 is 35.1 Å². The predicted octanol–water partition coefficient (Wildman–Crippen LogP) is 2.49. The number of piperidine rings is 1. The molecule has 2 aliphatic heterocycles. The Balaban J connectivity index is 0.967. The number of amides is 4. The van der Waals surface area contributed by atoms with Gasteiger partial charge in [-0.1, -0.05) is 11.6 Å². The lowest BCUT2D eigenvalue weighted by atomic mass is 10.2. The van der Waals surface area contributed by atoms with Gasteiger partial charge in [-0.05, 0) is 18.2 Å². The van der Waals surface area contributed by atoms with E-state index in [0.717, 1.165) is 17.0 Å². The van der Waals surface area contributed by atoms with Gasteiger partial charge in [0.05, 0.1) is 40.2 Å². The molecule has 4 fully saturated rings. The second-order valence-corrected chi connectivity index (χ2v) is 12.9. The zero-order valence-corrected chi connectivity index (χ0v) is 25.8. The Morgan fingerprint density at radius 1 is 1.10 bits per heavy atom. The van der Waals surface area contributed by atoms with Crippen LogP contribution in [0.5, 0.6) is 0 Å². The van der Waals surface area contributed by atoms with Gasteiger partial charge in [0.2, 0.25) is 0 Å². The maximum Gasteiger partial charge on any atom is 0.435 e. The highest BCUT2D eigenvalue weighted by atomic mass is 35.5. The number of urea groups is 1. The summed E-state index contributed by atoms with van der Waals surface area (Å²) in [4.78, 5) is 44.2. The summed E-state index contributed by atoms with van der Waals surface area (Å²) in [5.41, 5.74) is -1.72. The van der Waals surface area contributed by atoms with Crippen LogP contribution in [0.4, 0.5) is 32.4 Å². The number of alkyl halides is 5. The number of aliphatic hydroxyl groups is 1. The van der Waals surface area contributed by atoms with Gasteiger partial charge in [0.15, 0.2) is 11.5 Å². The molecular formula is C29H29ClF5N9O4. The molecule has 4 heterocycles. The Hall–Kier alpha value is -4.29. The van der Waals surface area contributed by atoms with Gasteiger partial charge in [-0.15, -0.1) is 0 Å². The summed E-state index contributed by atoms with van der Waals surface area (Å²) in [5.74, 6) is -4.50. The number of β-amino-alcohol motifs (C(OH)–C–C–N with tert-alkyl or cyclic N) is 1. The van der Waals surface area contributed by atoms with E-state index in [4.69, 9.17) is 11.6 Å². The van der Waals surface area contributed by atoms with Crippen LogP contribution in [0.2, 0.25) is 5.02 Å². The summed E-state index contributed by atoms with van der Waals surface area (Å²) in [5, 5.41) is 24.6. The molecule has 256 valence electrons. The second kappa shape index (κ2) is 11.4. The monoisotopic (exact) mass is 697 g/mol. The molecule has 1 aromatic carbocycles. The van der Waals surface area contributed by atoms with Crippen LogP contribution in [-0.2, 0) is 13.2 Å². The number of benzene rings is 1. The Bertz CT molecular complexity index is 1800. The largest absolute Gasteiger partial charge is 0.435 e. The van der Waals surface area contributed by atoms with Crippen molar-refractivity contribution in [2.45, 2.75) is 42.7 Å². The molecule has 19 heteroatoms. The van der Waals surface area contributed by atoms with Crippen LogP contribution in [0.1, 0.15) is 39.1 Å². The average Bonchev–Trinajstić information content (AvgIpc) is 3.46. The number of fused-ring (bicyclic) bond motifs is 1. The fraction of sp³-hybridized carbons (Fsp3) is 0.483. The van der Waals surface area contributed by atoms with E-state index in [1.54, 1.807) is 4.90 Å². The van der Waals surface area contributed by atoms with Crippen molar-refractivity contribution in [2.24, 2.45) is 18.9 Å². The number of aliphatic hydroxyl groups excluding tert-OH is 1. The molecule has 2 unspecified atom stereocenters. The molecular weight excluding hydrogens is 669 g/mol. The summed E-state index contributed by atoms with van der Waals surface area (Å²) < 4.78 is 70.0. The number of anilines is 1. The van der Waals surface area contributed by atoms with Crippen LogP contribution in [0, 0.1) is 11.8 Å². The fourth-order valence-corrected chi connectivity index (χ4v) is 6.73. The van der Waals surface area contributed by atoms with Gasteiger partial charge in [-0.25, -0.2) is 18.6 Å². The molecule has 13 nitrogen and oxygen atoms in total. The molecule has 2 saturated carbocycles. The first-order chi connectivity index (χ1) is 22.6. The third kappa shape index (κ3) is 5.85. The van der Waals surface area contributed by atoms with Crippen molar-refractivity contribution < 1.29 is 41.4 Å². The van der Waals surface area contributed by atoms with Crippen molar-refractivity contribution in [3.05, 3.63) is 52.7 Å². The van der Waals surface area contributed by atoms with Crippen LogP contribution in [0.3, 0.4) is 0 Å². The van der Waals surface area contributed by atoms with E-state index >= 15 is 0 Å². The molecule has 0 spiro atoms. The van der Waals surface area contributed by atoms with Crippen LogP contribution in [0.25, 0.3) is 11.3 Å². The zero-order chi connectivity index (χ0) is 34.3. The number of carbonyl (C=O) groups excluding carboxylic acids is 3. The first kappa shape index (κ1) is 32.3. The number of carbonyl (C=O) groups is 3. The standard InChI is InChI=1S/C29H29ClF5N9O4/c1-42-19(16-11-44(21-5-28(21,31)32)41-23(16)29(33,34)35)7-37-24(42)26(47)38-12-2-3-13(17(30)4-12)25(46)40-22-14-9-43(10-15(14)22)27(48)39-18-6-36-8-20(18)45/h2-4,7,11,14-15,18,20-22,36,45H,5-6,8-10H2,1H3,(H,38,47)(H,39,48)(H,40,46)/t14-,15+,18-,20?,21-,22?/m1/s1. The van der Waals surface area contributed by atoms with Crippen LogP contribution in [0.15, 0.2) is 30.6 Å². The molecule has 7 rings (SSSR count). The Morgan fingerprint density at radius 3 is 2.42 bits per heavy atom. The molecule has 2 saturated heterocycles. The van der Waals surface area contributed by atoms with Crippen molar-refractivity contribution in [2.75, 3.05) is 31.5 Å². The van der Waals surface area contributed by atoms with Gasteiger partial charge in [0.25, 0.3) is 17.7 Å². The summed E-state index contributed by atoms with van der Waals surface area (Å²) >= 11 is 6.38. The van der Waals surface area contributed by atoms with Crippen molar-refractivity contribution in [1.29, 1.82) is 0 Å². The second-order valence-electron chi connectivity index (χ2n) is 12.5. The minimum atomic E-state index is -4.95. The molecule has 4 amide bonds. The molecule has 48 heavy (non-hydrogen) atoms. The minimum absolute atomic E-state index is 0.0282. The number of nitrogens with one attached hydrogen (secondary N) is 4. The Morgan fingerprint density at radius 2 is 1.81 bits per heavy atom. The predicted molar refractivity (Wildman–Crippen MR) is 158 cm³/mol. The number of aromatic nitrogens is 4. The molecule has 0 radical (unpaired) electrons. The fourth-order valence-electron chi connectivity index (χ4n) is 6.47. The number of imidazole rings is 1. The third-order valence-corrected chi connectivity index (χ3v) is 9.63. The number of nitrogens with zero attached hydrogens (tertiary/aromatic N) is 5. The molecule has 0 bridgehead atoms. The molecule has 2 aromatic heterocycles. The highest BCUT2D eigenvalue weighted by Crippen LogP contribution is 2.53. The number of hydrogen-bond acceptors (Lipinski definition) is 7. The lowest BCUT2D eigenvalue weighted by Gasteiger charge is -2.24. The van der Waals surface area contributed by atoms with Crippen LogP contribution < -0.4 is 21.3 Å². The molecule has 5 N–H and O–H groups in total. The summed E-state index contributed by atoms with van der Waals surface area (Å²) in [6, 6.07) is 1.94. The van der Waals surface area contributed by atoms with E-state index in [-0.39, 0.29) is 57.7 Å². The van der Waals surface area contributed by atoms with E-state index in [0.29, 0.717) is 30.9 Å². The normalized spacial score (nSPS) is 27.0. The average molecular weight is 698 g/mol. The number of hydrogen-bond donors (Lipinski definition) is 5. The van der Waals surface area contributed by atoms with E-state index in [1.165, 1.54) is 25.2 Å².